The first kappa shape index (κ1) is 11.5. The van der Waals surface area contributed by atoms with Gasteiger partial charge in [-0.15, -0.1) is 0 Å². The number of rotatable bonds is 1. The highest BCUT2D eigenvalue weighted by Gasteiger charge is 2.17. The molecule has 0 spiro atoms. The molecule has 2 aromatic heterocycles. The topological polar surface area (TPSA) is 69.6 Å². The van der Waals surface area contributed by atoms with Crippen LogP contribution in [-0.2, 0) is 7.05 Å². The maximum atomic E-state index is 13.4. The van der Waals surface area contributed by atoms with Crippen molar-refractivity contribution in [2.45, 2.75) is 20.8 Å². The van der Waals surface area contributed by atoms with E-state index in [1.165, 1.54) is 0 Å². The van der Waals surface area contributed by atoms with Crippen molar-refractivity contribution >= 4 is 5.82 Å². The Labute approximate surface area is 98.5 Å². The minimum absolute atomic E-state index is 0.129. The van der Waals surface area contributed by atoms with Gasteiger partial charge >= 0.3 is 0 Å². The Morgan fingerprint density at radius 3 is 2.24 bits per heavy atom. The minimum atomic E-state index is -0.562. The third kappa shape index (κ3) is 1.75. The fourth-order valence-corrected chi connectivity index (χ4v) is 1.79. The quantitative estimate of drug-likeness (QED) is 0.813. The van der Waals surface area contributed by atoms with Crippen LogP contribution in [0.25, 0.3) is 11.4 Å². The average molecular weight is 235 g/mol. The zero-order valence-electron chi connectivity index (χ0n) is 10.2. The van der Waals surface area contributed by atoms with Gasteiger partial charge in [-0.2, -0.15) is 5.10 Å². The van der Waals surface area contributed by atoms with E-state index in [0.717, 1.165) is 17.0 Å². The second-order valence-corrected chi connectivity index (χ2v) is 4.00. The molecule has 0 amide bonds. The van der Waals surface area contributed by atoms with Crippen molar-refractivity contribution in [1.29, 1.82) is 0 Å². The molecule has 0 saturated heterocycles. The number of anilines is 1. The lowest BCUT2D eigenvalue weighted by Gasteiger charge is -2.05. The summed E-state index contributed by atoms with van der Waals surface area (Å²) in [5.74, 6) is -0.271. The number of nitrogen functional groups attached to an aromatic ring is 1. The van der Waals surface area contributed by atoms with E-state index >= 15 is 0 Å². The Kier molecular flexibility index (Phi) is 2.57. The number of aryl methyl sites for hydroxylation is 3. The maximum absolute atomic E-state index is 13.4. The van der Waals surface area contributed by atoms with E-state index in [9.17, 15) is 4.39 Å². The molecular weight excluding hydrogens is 221 g/mol. The van der Waals surface area contributed by atoms with E-state index in [4.69, 9.17) is 5.73 Å². The molecule has 0 aliphatic heterocycles. The molecule has 2 aromatic rings. The van der Waals surface area contributed by atoms with Gasteiger partial charge in [0.15, 0.2) is 17.5 Å². The third-order valence-electron chi connectivity index (χ3n) is 2.78. The Balaban J connectivity index is 2.69. The highest BCUT2D eigenvalue weighted by Crippen LogP contribution is 2.25. The van der Waals surface area contributed by atoms with Crippen molar-refractivity contribution < 1.29 is 4.39 Å². The first-order valence-corrected chi connectivity index (χ1v) is 5.22. The molecule has 0 radical (unpaired) electrons. The summed E-state index contributed by atoms with van der Waals surface area (Å²) in [6, 6.07) is 0. The Morgan fingerprint density at radius 1 is 1.12 bits per heavy atom. The molecule has 0 aromatic carbocycles. The fourth-order valence-electron chi connectivity index (χ4n) is 1.79. The van der Waals surface area contributed by atoms with Crippen molar-refractivity contribution in [3.8, 4) is 11.4 Å². The first-order valence-electron chi connectivity index (χ1n) is 5.22. The van der Waals surface area contributed by atoms with E-state index in [1.54, 1.807) is 11.6 Å². The molecule has 17 heavy (non-hydrogen) atoms. The lowest BCUT2D eigenvalue weighted by Crippen LogP contribution is -2.04. The largest absolute Gasteiger partial charge is 0.381 e. The standard InChI is InChI=1S/C11H14FN5/c1-5-8(7(3)17(4)16-5)11-14-6(2)9(12)10(13)15-11/h1-4H3,(H2,13,14,15). The summed E-state index contributed by atoms with van der Waals surface area (Å²) in [7, 11) is 1.84. The van der Waals surface area contributed by atoms with Gasteiger partial charge < -0.3 is 5.73 Å². The van der Waals surface area contributed by atoms with Gasteiger partial charge in [-0.3, -0.25) is 4.68 Å². The van der Waals surface area contributed by atoms with Crippen molar-refractivity contribution in [2.75, 3.05) is 5.73 Å². The lowest BCUT2D eigenvalue weighted by atomic mass is 10.2. The summed E-state index contributed by atoms with van der Waals surface area (Å²) in [5.41, 5.74) is 8.29. The van der Waals surface area contributed by atoms with E-state index in [2.05, 4.69) is 15.1 Å². The molecule has 0 bridgehead atoms. The second-order valence-electron chi connectivity index (χ2n) is 4.00. The molecule has 0 fully saturated rings. The molecule has 0 aliphatic rings. The number of hydrogen-bond donors (Lipinski definition) is 1. The molecule has 0 saturated carbocycles. The summed E-state index contributed by atoms with van der Waals surface area (Å²) >= 11 is 0. The minimum Gasteiger partial charge on any atom is -0.381 e. The van der Waals surface area contributed by atoms with Gasteiger partial charge in [-0.1, -0.05) is 0 Å². The van der Waals surface area contributed by atoms with Crippen molar-refractivity contribution in [1.82, 2.24) is 19.7 Å². The van der Waals surface area contributed by atoms with Gasteiger partial charge in [0.2, 0.25) is 0 Å². The zero-order chi connectivity index (χ0) is 12.7. The number of aromatic nitrogens is 4. The summed E-state index contributed by atoms with van der Waals surface area (Å²) in [5, 5.41) is 4.27. The molecular formula is C11H14FN5. The third-order valence-corrected chi connectivity index (χ3v) is 2.78. The number of halogens is 1. The molecule has 5 nitrogen and oxygen atoms in total. The molecule has 90 valence electrons. The van der Waals surface area contributed by atoms with Crippen LogP contribution in [0.3, 0.4) is 0 Å². The number of nitrogens with two attached hydrogens (primary N) is 1. The van der Waals surface area contributed by atoms with Crippen LogP contribution in [0.2, 0.25) is 0 Å². The predicted octanol–water partition coefficient (Wildman–Crippen LogP) is 1.52. The SMILES string of the molecule is Cc1nc(-c2c(C)nn(C)c2C)nc(N)c1F. The second kappa shape index (κ2) is 3.80. The van der Waals surface area contributed by atoms with Gasteiger partial charge in [0, 0.05) is 12.7 Å². The summed E-state index contributed by atoms with van der Waals surface area (Å²) < 4.78 is 15.1. The van der Waals surface area contributed by atoms with Gasteiger partial charge in [0.05, 0.1) is 17.0 Å². The van der Waals surface area contributed by atoms with Crippen molar-refractivity contribution in [3.05, 3.63) is 22.9 Å². The Bertz CT molecular complexity index is 565. The Hall–Kier alpha value is -1.98. The summed E-state index contributed by atoms with van der Waals surface area (Å²) in [6.45, 7) is 5.34. The van der Waals surface area contributed by atoms with Crippen LogP contribution in [0.1, 0.15) is 17.1 Å². The van der Waals surface area contributed by atoms with Crippen molar-refractivity contribution in [3.63, 3.8) is 0 Å². The highest BCUT2D eigenvalue weighted by atomic mass is 19.1. The first-order chi connectivity index (χ1) is 7.91. The maximum Gasteiger partial charge on any atom is 0.186 e. The van der Waals surface area contributed by atoms with Crippen LogP contribution >= 0.6 is 0 Å². The molecule has 2 rings (SSSR count). The normalized spacial score (nSPS) is 10.9. The monoisotopic (exact) mass is 235 g/mol. The molecule has 2 heterocycles. The van der Waals surface area contributed by atoms with Gasteiger partial charge in [0.25, 0.3) is 0 Å². The lowest BCUT2D eigenvalue weighted by molar-refractivity contribution is 0.608. The van der Waals surface area contributed by atoms with Crippen LogP contribution in [0, 0.1) is 26.6 Å². The molecule has 0 unspecified atom stereocenters. The predicted molar refractivity (Wildman–Crippen MR) is 62.8 cm³/mol. The number of nitrogens with zero attached hydrogens (tertiary/aromatic N) is 4. The van der Waals surface area contributed by atoms with Gasteiger partial charge in [0.1, 0.15) is 0 Å². The van der Waals surface area contributed by atoms with E-state index in [0.29, 0.717) is 5.82 Å². The van der Waals surface area contributed by atoms with Crippen LogP contribution < -0.4 is 5.73 Å². The Morgan fingerprint density at radius 2 is 1.76 bits per heavy atom. The van der Waals surface area contributed by atoms with Gasteiger partial charge in [-0.25, -0.2) is 14.4 Å². The molecule has 0 aliphatic carbocycles. The van der Waals surface area contributed by atoms with Crippen LogP contribution in [0.5, 0.6) is 0 Å². The molecule has 0 atom stereocenters. The van der Waals surface area contributed by atoms with Gasteiger partial charge in [-0.05, 0) is 20.8 Å². The fraction of sp³-hybridized carbons (Fsp3) is 0.364. The van der Waals surface area contributed by atoms with Crippen LogP contribution in [-0.4, -0.2) is 19.7 Å². The van der Waals surface area contributed by atoms with Crippen LogP contribution in [0.4, 0.5) is 10.2 Å². The molecule has 6 heteroatoms. The average Bonchev–Trinajstić information content (AvgIpc) is 2.49. The van der Waals surface area contributed by atoms with E-state index in [1.807, 2.05) is 20.9 Å². The zero-order valence-corrected chi connectivity index (χ0v) is 10.2. The summed E-state index contributed by atoms with van der Waals surface area (Å²) in [4.78, 5) is 8.10. The van der Waals surface area contributed by atoms with Crippen LogP contribution in [0.15, 0.2) is 0 Å². The smallest absolute Gasteiger partial charge is 0.186 e. The van der Waals surface area contributed by atoms with E-state index < -0.39 is 5.82 Å². The highest BCUT2D eigenvalue weighted by molar-refractivity contribution is 5.62. The van der Waals surface area contributed by atoms with E-state index in [-0.39, 0.29) is 11.5 Å². The molecule has 2 N–H and O–H groups in total. The number of hydrogen-bond acceptors (Lipinski definition) is 4. The summed E-state index contributed by atoms with van der Waals surface area (Å²) in [6.07, 6.45) is 0. The van der Waals surface area contributed by atoms with Crippen molar-refractivity contribution in [2.24, 2.45) is 7.05 Å².